The van der Waals surface area contributed by atoms with Crippen LogP contribution in [0.3, 0.4) is 0 Å². The highest BCUT2D eigenvalue weighted by Gasteiger charge is 2.29. The number of hydrogen-bond donors (Lipinski definition) is 5. The van der Waals surface area contributed by atoms with Crippen LogP contribution in [0.25, 0.3) is 32.6 Å². The number of carbonyl (C=O) groups is 3. The number of aromatic carboxylic acids is 1. The largest absolute Gasteiger partial charge is 0.477 e. The summed E-state index contributed by atoms with van der Waals surface area (Å²) in [5, 5.41) is 31.2. The zero-order chi connectivity index (χ0) is 38.4. The van der Waals surface area contributed by atoms with Gasteiger partial charge in [-0.3, -0.25) is 10.1 Å². The van der Waals surface area contributed by atoms with Crippen molar-refractivity contribution < 1.29 is 29.3 Å². The number of nitrogens with zero attached hydrogens (tertiary/aromatic N) is 3. The van der Waals surface area contributed by atoms with Crippen molar-refractivity contribution in [3.05, 3.63) is 99.4 Å². The SMILES string of the molecule is CCNC(=O)Nc1cc(-c2nc([C@@H](NC(=O)OCc3ccccc3)C(C)C)cs2)c(-c2ccc3c(c2)c(=O)c(C(=O)O)cn3[C@@H](CO)C(C)(C)C)cn1. The number of nitrogens with one attached hydrogen (secondary N) is 3. The van der Waals surface area contributed by atoms with Gasteiger partial charge in [-0.15, -0.1) is 11.3 Å². The number of alkyl carbamates (subject to hydrolysis) is 1. The number of urea groups is 1. The summed E-state index contributed by atoms with van der Waals surface area (Å²) >= 11 is 1.33. The highest BCUT2D eigenvalue weighted by Crippen LogP contribution is 2.38. The van der Waals surface area contributed by atoms with Crippen molar-refractivity contribution in [1.29, 1.82) is 0 Å². The molecule has 0 unspecified atom stereocenters. The van der Waals surface area contributed by atoms with Crippen LogP contribution in [0, 0.1) is 11.3 Å². The first kappa shape index (κ1) is 38.6. The number of carboxylic acid groups (broad SMARTS) is 1. The van der Waals surface area contributed by atoms with E-state index in [1.165, 1.54) is 17.5 Å². The summed E-state index contributed by atoms with van der Waals surface area (Å²) < 4.78 is 7.13. The van der Waals surface area contributed by atoms with Crippen LogP contribution in [0.1, 0.15) is 75.2 Å². The number of aliphatic hydroxyl groups excluding tert-OH is 1. The van der Waals surface area contributed by atoms with Crippen molar-refractivity contribution in [2.24, 2.45) is 11.3 Å². The number of carboxylic acids is 1. The molecule has 3 aromatic heterocycles. The second kappa shape index (κ2) is 16.4. The second-order valence-corrected chi connectivity index (χ2v) is 14.8. The number of thiazole rings is 1. The molecule has 0 fully saturated rings. The van der Waals surface area contributed by atoms with Crippen LogP contribution in [0.15, 0.2) is 77.2 Å². The van der Waals surface area contributed by atoms with E-state index in [4.69, 9.17) is 9.72 Å². The van der Waals surface area contributed by atoms with Gasteiger partial charge in [0, 0.05) is 40.8 Å². The van der Waals surface area contributed by atoms with Crippen molar-refractivity contribution >= 4 is 46.2 Å². The quantitative estimate of drug-likeness (QED) is 0.0880. The number of fused-ring (bicyclic) bond motifs is 1. The number of amides is 3. The molecule has 13 nitrogen and oxygen atoms in total. The second-order valence-electron chi connectivity index (χ2n) is 14.0. The van der Waals surface area contributed by atoms with Crippen molar-refractivity contribution in [2.75, 3.05) is 18.5 Å². The van der Waals surface area contributed by atoms with E-state index in [0.29, 0.717) is 39.5 Å². The first-order chi connectivity index (χ1) is 25.2. The highest BCUT2D eigenvalue weighted by atomic mass is 32.1. The number of hydrogen-bond acceptors (Lipinski definition) is 9. The average molecular weight is 741 g/mol. The summed E-state index contributed by atoms with van der Waals surface area (Å²) in [5.74, 6) is -1.18. The number of anilines is 1. The van der Waals surface area contributed by atoms with Gasteiger partial charge in [0.25, 0.3) is 0 Å². The van der Waals surface area contributed by atoms with E-state index in [1.807, 2.05) is 70.3 Å². The Bertz CT molecular complexity index is 2180. The number of aromatic nitrogens is 3. The van der Waals surface area contributed by atoms with Crippen LogP contribution in [0.2, 0.25) is 0 Å². The summed E-state index contributed by atoms with van der Waals surface area (Å²) in [6.45, 7) is 11.7. The van der Waals surface area contributed by atoms with E-state index in [0.717, 1.165) is 5.56 Å². The molecule has 2 aromatic carbocycles. The van der Waals surface area contributed by atoms with Gasteiger partial charge in [-0.1, -0.05) is 71.0 Å². The lowest BCUT2D eigenvalue weighted by Gasteiger charge is -2.32. The van der Waals surface area contributed by atoms with Crippen molar-refractivity contribution in [1.82, 2.24) is 25.2 Å². The minimum absolute atomic E-state index is 0.0527. The van der Waals surface area contributed by atoms with Crippen LogP contribution < -0.4 is 21.4 Å². The molecule has 0 radical (unpaired) electrons. The predicted molar refractivity (Wildman–Crippen MR) is 205 cm³/mol. The summed E-state index contributed by atoms with van der Waals surface area (Å²) in [7, 11) is 0. The lowest BCUT2D eigenvalue weighted by molar-refractivity contribution is 0.0692. The molecule has 5 aromatic rings. The molecule has 53 heavy (non-hydrogen) atoms. The molecule has 0 aliphatic heterocycles. The van der Waals surface area contributed by atoms with Gasteiger partial charge in [-0.05, 0) is 47.6 Å². The Labute approximate surface area is 311 Å². The van der Waals surface area contributed by atoms with Crippen LogP contribution in [-0.4, -0.2) is 56.0 Å². The molecule has 0 spiro atoms. The lowest BCUT2D eigenvalue weighted by atomic mass is 9.86. The predicted octanol–water partition coefficient (Wildman–Crippen LogP) is 7.23. The Balaban J connectivity index is 1.59. The third kappa shape index (κ3) is 8.90. The molecule has 0 saturated carbocycles. The number of rotatable bonds is 12. The molecule has 14 heteroatoms. The van der Waals surface area contributed by atoms with Gasteiger partial charge < -0.3 is 30.2 Å². The standard InChI is InChI=1S/C39H44N6O7S/c1-7-40-37(50)43-32-16-25(35-42-29(21-53-35)33(22(2)3)44-38(51)52-20-23-11-9-8-10-12-23)27(17-41-32)24-13-14-30-26(15-24)34(47)28(36(48)49)18-45(30)31(19-46)39(4,5)6/h8-18,21-22,31,33,46H,7,19-20H2,1-6H3,(H,44,51)(H,48,49)(H2,40,41,43,50)/t31-,33-/m0/s1. The molecule has 0 bridgehead atoms. The van der Waals surface area contributed by atoms with Gasteiger partial charge >= 0.3 is 18.1 Å². The Morgan fingerprint density at radius 2 is 1.77 bits per heavy atom. The maximum Gasteiger partial charge on any atom is 0.408 e. The Morgan fingerprint density at radius 3 is 2.42 bits per heavy atom. The van der Waals surface area contributed by atoms with Gasteiger partial charge in [0.15, 0.2) is 0 Å². The zero-order valence-electron chi connectivity index (χ0n) is 30.5. The smallest absolute Gasteiger partial charge is 0.408 e. The summed E-state index contributed by atoms with van der Waals surface area (Å²) in [6, 6.07) is 14.7. The fraction of sp³-hybridized carbons (Fsp3) is 0.333. The molecule has 3 amide bonds. The third-order valence-electron chi connectivity index (χ3n) is 8.79. The number of benzene rings is 2. The third-order valence-corrected chi connectivity index (χ3v) is 9.68. The molecular weight excluding hydrogens is 697 g/mol. The van der Waals surface area contributed by atoms with Crippen molar-refractivity contribution in [3.63, 3.8) is 0 Å². The topological polar surface area (TPSA) is 185 Å². The first-order valence-electron chi connectivity index (χ1n) is 17.2. The summed E-state index contributed by atoms with van der Waals surface area (Å²) in [4.78, 5) is 60.6. The van der Waals surface area contributed by atoms with Gasteiger partial charge in [-0.2, -0.15) is 0 Å². The first-order valence-corrected chi connectivity index (χ1v) is 18.1. The molecule has 278 valence electrons. The van der Waals surface area contributed by atoms with Crippen molar-refractivity contribution in [3.8, 4) is 21.7 Å². The molecule has 0 aliphatic carbocycles. The Hall–Kier alpha value is -5.60. The number of ether oxygens (including phenoxy) is 1. The maximum atomic E-state index is 13.6. The van der Waals surface area contributed by atoms with Crippen molar-refractivity contribution in [2.45, 2.75) is 60.2 Å². The summed E-state index contributed by atoms with van der Waals surface area (Å²) in [6.07, 6.45) is 2.27. The molecule has 2 atom stereocenters. The number of carbonyl (C=O) groups excluding carboxylic acids is 2. The van der Waals surface area contributed by atoms with Gasteiger partial charge in [0.2, 0.25) is 5.43 Å². The lowest BCUT2D eigenvalue weighted by Crippen LogP contribution is -2.32. The van der Waals surface area contributed by atoms with Crippen LogP contribution in [0.4, 0.5) is 15.4 Å². The van der Waals surface area contributed by atoms with Gasteiger partial charge in [-0.25, -0.2) is 24.4 Å². The van der Waals surface area contributed by atoms with E-state index < -0.39 is 46.6 Å². The molecule has 3 heterocycles. The fourth-order valence-corrected chi connectivity index (χ4v) is 6.88. The minimum atomic E-state index is -1.38. The average Bonchev–Trinajstić information content (AvgIpc) is 3.60. The maximum absolute atomic E-state index is 13.6. The normalized spacial score (nSPS) is 12.7. The van der Waals surface area contributed by atoms with E-state index in [2.05, 4.69) is 20.9 Å². The fourth-order valence-electron chi connectivity index (χ4n) is 5.99. The zero-order valence-corrected chi connectivity index (χ0v) is 31.3. The molecule has 0 aliphatic rings. The van der Waals surface area contributed by atoms with Crippen LogP contribution >= 0.6 is 11.3 Å². The van der Waals surface area contributed by atoms with E-state index in [1.54, 1.807) is 42.0 Å². The molecule has 5 rings (SSSR count). The number of aliphatic hydroxyl groups is 1. The van der Waals surface area contributed by atoms with E-state index in [9.17, 15) is 29.4 Å². The molecule has 0 saturated heterocycles. The van der Waals surface area contributed by atoms with Gasteiger partial charge in [0.05, 0.1) is 29.9 Å². The van der Waals surface area contributed by atoms with Crippen LogP contribution in [-0.2, 0) is 11.3 Å². The monoisotopic (exact) mass is 740 g/mol. The highest BCUT2D eigenvalue weighted by molar-refractivity contribution is 7.13. The van der Waals surface area contributed by atoms with Gasteiger partial charge in [0.1, 0.15) is 23.0 Å². The van der Waals surface area contributed by atoms with E-state index in [-0.39, 0.29) is 30.3 Å². The van der Waals surface area contributed by atoms with E-state index >= 15 is 0 Å². The Kier molecular flexibility index (Phi) is 11.9. The molecule has 5 N–H and O–H groups in total. The summed E-state index contributed by atoms with van der Waals surface area (Å²) in [5.41, 5.74) is 2.05. The number of pyridine rings is 2. The van der Waals surface area contributed by atoms with Crippen LogP contribution in [0.5, 0.6) is 0 Å². The Morgan fingerprint density at radius 1 is 1.04 bits per heavy atom. The molecular formula is C39H44N6O7S. The minimum Gasteiger partial charge on any atom is -0.477 e.